The van der Waals surface area contributed by atoms with Gasteiger partial charge in [0.15, 0.2) is 18.5 Å². The number of carboxylic acid groups (broad SMARTS) is 1. The minimum absolute atomic E-state index is 0.0310. The molecule has 4 N–H and O–H groups in total. The molecule has 8 heteroatoms. The molecule has 0 fully saturated rings. The predicted octanol–water partition coefficient (Wildman–Crippen LogP) is -1.42. The van der Waals surface area contributed by atoms with Crippen LogP contribution in [0.4, 0.5) is 0 Å². The van der Waals surface area contributed by atoms with Gasteiger partial charge < -0.3 is 25.2 Å². The van der Waals surface area contributed by atoms with Crippen LogP contribution in [0.5, 0.6) is 0 Å². The minimum Gasteiger partial charge on any atom is -0.479 e. The van der Waals surface area contributed by atoms with Gasteiger partial charge in [0, 0.05) is 0 Å². The number of hydrogen-bond acceptors (Lipinski definition) is 7. The van der Waals surface area contributed by atoms with Gasteiger partial charge in [0.1, 0.15) is 12.2 Å². The Morgan fingerprint density at radius 1 is 1.05 bits per heavy atom. The van der Waals surface area contributed by atoms with Crippen molar-refractivity contribution < 1.29 is 39.5 Å². The van der Waals surface area contributed by atoms with Gasteiger partial charge in [0.2, 0.25) is 0 Å². The molecule has 0 saturated carbocycles. The van der Waals surface area contributed by atoms with Gasteiger partial charge in [0.25, 0.3) is 0 Å². The van der Waals surface area contributed by atoms with Gasteiger partial charge in [-0.25, -0.2) is 9.59 Å². The molecule has 0 bridgehead atoms. The van der Waals surface area contributed by atoms with Crippen LogP contribution in [-0.4, -0.2) is 63.1 Å². The number of benzene rings is 1. The number of carboxylic acids is 1. The maximum Gasteiger partial charge on any atom is 0.338 e. The highest BCUT2D eigenvalue weighted by atomic mass is 16.6. The van der Waals surface area contributed by atoms with Crippen LogP contribution in [0.15, 0.2) is 30.3 Å². The molecule has 0 unspecified atom stereocenters. The molecule has 0 saturated heterocycles. The number of hydrogen-bond donors (Lipinski definition) is 4. The predicted molar refractivity (Wildman–Crippen MR) is 67.4 cm³/mol. The Balaban J connectivity index is 2.76. The van der Waals surface area contributed by atoms with Crippen molar-refractivity contribution in [3.63, 3.8) is 0 Å². The van der Waals surface area contributed by atoms with Crippen molar-refractivity contribution >= 4 is 18.2 Å². The number of esters is 1. The highest BCUT2D eigenvalue weighted by molar-refractivity contribution is 5.90. The number of aliphatic hydroxyl groups is 3. The van der Waals surface area contributed by atoms with E-state index >= 15 is 0 Å². The van der Waals surface area contributed by atoms with Gasteiger partial charge in [-0.3, -0.25) is 4.79 Å². The molecule has 21 heavy (non-hydrogen) atoms. The van der Waals surface area contributed by atoms with Crippen LogP contribution >= 0.6 is 0 Å². The average Bonchev–Trinajstić information content (AvgIpc) is 2.50. The summed E-state index contributed by atoms with van der Waals surface area (Å²) in [6, 6.07) is 7.55. The zero-order valence-corrected chi connectivity index (χ0v) is 10.7. The van der Waals surface area contributed by atoms with Crippen LogP contribution in [0.1, 0.15) is 10.4 Å². The topological polar surface area (TPSA) is 141 Å². The molecule has 0 radical (unpaired) electrons. The molecule has 0 aliphatic carbocycles. The summed E-state index contributed by atoms with van der Waals surface area (Å²) < 4.78 is 4.68. The van der Waals surface area contributed by atoms with E-state index in [2.05, 4.69) is 4.74 Å². The number of carbonyl (C=O) groups is 3. The number of aliphatic carboxylic acids is 1. The van der Waals surface area contributed by atoms with Gasteiger partial charge in [0.05, 0.1) is 5.56 Å². The Morgan fingerprint density at radius 3 is 2.10 bits per heavy atom. The fourth-order valence-corrected chi connectivity index (χ4v) is 1.47. The van der Waals surface area contributed by atoms with Crippen LogP contribution < -0.4 is 0 Å². The standard InChI is InChI=1S/C13H14O8/c14-6-8(9(15)10(16)11(17)12(18)19)21-13(20)7-4-2-1-3-5-7/h1-6,8-11,15-17H,(H,18,19)/t8-,9+,10-,11-/m0/s1. The molecule has 1 aromatic carbocycles. The van der Waals surface area contributed by atoms with E-state index in [0.29, 0.717) is 0 Å². The lowest BCUT2D eigenvalue weighted by atomic mass is 10.0. The Bertz CT molecular complexity index is 500. The molecule has 1 aromatic rings. The number of carbonyl (C=O) groups excluding carboxylic acids is 2. The van der Waals surface area contributed by atoms with Crippen LogP contribution in [0.25, 0.3) is 0 Å². The highest BCUT2D eigenvalue weighted by Gasteiger charge is 2.37. The first-order chi connectivity index (χ1) is 9.88. The SMILES string of the molecule is O=C[C@H](OC(=O)c1ccccc1)[C@@H](O)[C@H](O)[C@H](O)C(=O)O. The fourth-order valence-electron chi connectivity index (χ4n) is 1.47. The van der Waals surface area contributed by atoms with Gasteiger partial charge in [-0.2, -0.15) is 0 Å². The van der Waals surface area contributed by atoms with Gasteiger partial charge in [-0.15, -0.1) is 0 Å². The second kappa shape index (κ2) is 7.48. The summed E-state index contributed by atoms with van der Waals surface area (Å²) in [5.41, 5.74) is 0.102. The minimum atomic E-state index is -2.32. The van der Waals surface area contributed by atoms with E-state index in [0.717, 1.165) is 0 Å². The van der Waals surface area contributed by atoms with Gasteiger partial charge >= 0.3 is 11.9 Å². The molecule has 0 aromatic heterocycles. The van der Waals surface area contributed by atoms with Crippen LogP contribution in [0, 0.1) is 0 Å². The van der Waals surface area contributed by atoms with E-state index in [1.54, 1.807) is 18.2 Å². The Labute approximate surface area is 119 Å². The lowest BCUT2D eigenvalue weighted by Gasteiger charge is -2.24. The number of ether oxygens (including phenoxy) is 1. The normalized spacial score (nSPS) is 16.3. The van der Waals surface area contributed by atoms with Crippen LogP contribution in [-0.2, 0) is 14.3 Å². The van der Waals surface area contributed by atoms with E-state index in [1.165, 1.54) is 12.1 Å². The lowest BCUT2D eigenvalue weighted by Crippen LogP contribution is -2.49. The zero-order chi connectivity index (χ0) is 16.0. The second-order valence-electron chi connectivity index (χ2n) is 4.14. The molecular formula is C13H14O8. The molecule has 4 atom stereocenters. The number of aliphatic hydroxyl groups excluding tert-OH is 3. The molecular weight excluding hydrogens is 284 g/mol. The van der Waals surface area contributed by atoms with E-state index in [4.69, 9.17) is 10.2 Å². The maximum absolute atomic E-state index is 11.7. The van der Waals surface area contributed by atoms with E-state index in [9.17, 15) is 24.6 Å². The third-order valence-corrected chi connectivity index (χ3v) is 2.65. The summed E-state index contributed by atoms with van der Waals surface area (Å²) in [5.74, 6) is -2.73. The monoisotopic (exact) mass is 298 g/mol. The quantitative estimate of drug-likeness (QED) is 0.355. The van der Waals surface area contributed by atoms with Crippen molar-refractivity contribution in [1.82, 2.24) is 0 Å². The third-order valence-electron chi connectivity index (χ3n) is 2.65. The Hall–Kier alpha value is -2.29. The molecule has 0 aliphatic heterocycles. The van der Waals surface area contributed by atoms with E-state index in [-0.39, 0.29) is 11.8 Å². The second-order valence-corrected chi connectivity index (χ2v) is 4.14. The van der Waals surface area contributed by atoms with Crippen LogP contribution in [0.3, 0.4) is 0 Å². The van der Waals surface area contributed by atoms with Crippen molar-refractivity contribution in [2.75, 3.05) is 0 Å². The van der Waals surface area contributed by atoms with Crippen LogP contribution in [0.2, 0.25) is 0 Å². The molecule has 0 amide bonds. The Morgan fingerprint density at radius 2 is 1.62 bits per heavy atom. The van der Waals surface area contributed by atoms with Crippen molar-refractivity contribution in [3.05, 3.63) is 35.9 Å². The van der Waals surface area contributed by atoms with Gasteiger partial charge in [-0.05, 0) is 12.1 Å². The summed E-state index contributed by atoms with van der Waals surface area (Å²) in [4.78, 5) is 33.0. The Kier molecular flexibility index (Phi) is 5.97. The molecule has 8 nitrogen and oxygen atoms in total. The fraction of sp³-hybridized carbons (Fsp3) is 0.308. The first kappa shape index (κ1) is 16.8. The number of rotatable bonds is 7. The highest BCUT2D eigenvalue weighted by Crippen LogP contribution is 2.10. The zero-order valence-electron chi connectivity index (χ0n) is 10.7. The number of aldehydes is 1. The molecule has 1 rings (SSSR count). The summed E-state index contributed by atoms with van der Waals surface area (Å²) in [7, 11) is 0. The van der Waals surface area contributed by atoms with E-state index < -0.39 is 36.4 Å². The molecule has 0 aliphatic rings. The molecule has 0 heterocycles. The van der Waals surface area contributed by atoms with Gasteiger partial charge in [-0.1, -0.05) is 18.2 Å². The molecule has 0 spiro atoms. The lowest BCUT2D eigenvalue weighted by molar-refractivity contribution is -0.164. The van der Waals surface area contributed by atoms with Crippen molar-refractivity contribution in [2.24, 2.45) is 0 Å². The smallest absolute Gasteiger partial charge is 0.338 e. The molecule has 114 valence electrons. The largest absolute Gasteiger partial charge is 0.479 e. The van der Waals surface area contributed by atoms with Crippen molar-refractivity contribution in [1.29, 1.82) is 0 Å². The maximum atomic E-state index is 11.7. The summed E-state index contributed by atoms with van der Waals surface area (Å²) in [6.45, 7) is 0. The average molecular weight is 298 g/mol. The first-order valence-electron chi connectivity index (χ1n) is 5.86. The summed E-state index contributed by atoms with van der Waals surface area (Å²) in [6.07, 6.45) is -8.38. The summed E-state index contributed by atoms with van der Waals surface area (Å²) in [5, 5.41) is 36.6. The van der Waals surface area contributed by atoms with E-state index in [1.807, 2.05) is 0 Å². The van der Waals surface area contributed by atoms with Crippen molar-refractivity contribution in [2.45, 2.75) is 24.4 Å². The summed E-state index contributed by atoms with van der Waals surface area (Å²) >= 11 is 0. The first-order valence-corrected chi connectivity index (χ1v) is 5.86. The third kappa shape index (κ3) is 4.35. The van der Waals surface area contributed by atoms with Crippen molar-refractivity contribution in [3.8, 4) is 0 Å².